The lowest BCUT2D eigenvalue weighted by atomic mass is 10.00. The van der Waals surface area contributed by atoms with E-state index in [1.165, 1.54) is 6.07 Å². The van der Waals surface area contributed by atoms with Gasteiger partial charge in [0, 0.05) is 11.6 Å². The zero-order chi connectivity index (χ0) is 14.7. The maximum Gasteiger partial charge on any atom is 0.123 e. The second kappa shape index (κ2) is 6.56. The molecule has 0 aromatic heterocycles. The molecule has 0 spiro atoms. The maximum absolute atomic E-state index is 13.5. The van der Waals surface area contributed by atoms with Crippen molar-refractivity contribution in [3.05, 3.63) is 58.9 Å². The van der Waals surface area contributed by atoms with E-state index in [0.29, 0.717) is 11.6 Å². The SMILES string of the molecule is Fc1ccc(-c2ccc(Cl)cc2)c(COC2CCNC2)c1. The first kappa shape index (κ1) is 14.5. The van der Waals surface area contributed by atoms with Gasteiger partial charge in [0.05, 0.1) is 12.7 Å². The molecule has 1 aliphatic heterocycles. The van der Waals surface area contributed by atoms with Gasteiger partial charge in [-0.3, -0.25) is 0 Å². The Hall–Kier alpha value is -1.42. The topological polar surface area (TPSA) is 21.3 Å². The van der Waals surface area contributed by atoms with Crippen molar-refractivity contribution in [2.24, 2.45) is 0 Å². The zero-order valence-electron chi connectivity index (χ0n) is 11.6. The summed E-state index contributed by atoms with van der Waals surface area (Å²) in [5.41, 5.74) is 2.87. The van der Waals surface area contributed by atoms with E-state index < -0.39 is 0 Å². The first-order valence-electron chi connectivity index (χ1n) is 7.09. The van der Waals surface area contributed by atoms with Crippen molar-refractivity contribution >= 4 is 11.6 Å². The van der Waals surface area contributed by atoms with Gasteiger partial charge in [0.15, 0.2) is 0 Å². The van der Waals surface area contributed by atoms with Crippen LogP contribution in [0.5, 0.6) is 0 Å². The number of ether oxygens (including phenoxy) is 1. The van der Waals surface area contributed by atoms with Gasteiger partial charge in [-0.1, -0.05) is 29.8 Å². The van der Waals surface area contributed by atoms with Crippen LogP contribution < -0.4 is 5.32 Å². The minimum atomic E-state index is -0.240. The van der Waals surface area contributed by atoms with Crippen LogP contribution in [0.15, 0.2) is 42.5 Å². The molecule has 2 nitrogen and oxygen atoms in total. The fourth-order valence-corrected chi connectivity index (χ4v) is 2.70. The summed E-state index contributed by atoms with van der Waals surface area (Å²) >= 11 is 5.92. The quantitative estimate of drug-likeness (QED) is 0.921. The van der Waals surface area contributed by atoms with Crippen LogP contribution >= 0.6 is 11.6 Å². The highest BCUT2D eigenvalue weighted by Crippen LogP contribution is 2.27. The van der Waals surface area contributed by atoms with Crippen molar-refractivity contribution < 1.29 is 9.13 Å². The van der Waals surface area contributed by atoms with Crippen LogP contribution in [0.25, 0.3) is 11.1 Å². The van der Waals surface area contributed by atoms with Crippen molar-refractivity contribution in [2.45, 2.75) is 19.1 Å². The molecule has 1 N–H and O–H groups in total. The Morgan fingerprint density at radius 1 is 1.19 bits per heavy atom. The lowest BCUT2D eigenvalue weighted by Crippen LogP contribution is -2.16. The number of benzene rings is 2. The maximum atomic E-state index is 13.5. The number of hydrogen-bond donors (Lipinski definition) is 1. The Balaban J connectivity index is 1.83. The third kappa shape index (κ3) is 3.62. The minimum Gasteiger partial charge on any atom is -0.372 e. The minimum absolute atomic E-state index is 0.214. The molecular formula is C17H17ClFNO. The second-order valence-corrected chi connectivity index (χ2v) is 5.67. The summed E-state index contributed by atoms with van der Waals surface area (Å²) in [6, 6.07) is 12.4. The van der Waals surface area contributed by atoms with Crippen LogP contribution in [0.1, 0.15) is 12.0 Å². The predicted molar refractivity (Wildman–Crippen MR) is 82.9 cm³/mol. The van der Waals surface area contributed by atoms with E-state index in [0.717, 1.165) is 36.2 Å². The first-order valence-corrected chi connectivity index (χ1v) is 7.47. The molecule has 1 heterocycles. The monoisotopic (exact) mass is 305 g/mol. The Morgan fingerprint density at radius 3 is 2.71 bits per heavy atom. The number of nitrogens with one attached hydrogen (secondary N) is 1. The van der Waals surface area contributed by atoms with E-state index in [1.807, 2.05) is 24.3 Å². The molecule has 1 fully saturated rings. The van der Waals surface area contributed by atoms with E-state index in [1.54, 1.807) is 12.1 Å². The molecule has 1 aliphatic rings. The van der Waals surface area contributed by atoms with Crippen molar-refractivity contribution in [2.75, 3.05) is 13.1 Å². The molecule has 4 heteroatoms. The van der Waals surface area contributed by atoms with Crippen LogP contribution in [0.4, 0.5) is 4.39 Å². The lowest BCUT2D eigenvalue weighted by molar-refractivity contribution is 0.0543. The summed E-state index contributed by atoms with van der Waals surface area (Å²) in [7, 11) is 0. The molecule has 0 amide bonds. The van der Waals surface area contributed by atoms with Crippen molar-refractivity contribution in [1.29, 1.82) is 0 Å². The third-order valence-corrected chi connectivity index (χ3v) is 3.96. The van der Waals surface area contributed by atoms with E-state index in [-0.39, 0.29) is 11.9 Å². The summed E-state index contributed by atoms with van der Waals surface area (Å²) in [6.07, 6.45) is 1.22. The van der Waals surface area contributed by atoms with E-state index in [9.17, 15) is 4.39 Å². The summed E-state index contributed by atoms with van der Waals surface area (Å²) in [6.45, 7) is 2.27. The Kier molecular flexibility index (Phi) is 4.54. The average molecular weight is 306 g/mol. The van der Waals surface area contributed by atoms with Crippen LogP contribution in [0.3, 0.4) is 0 Å². The van der Waals surface area contributed by atoms with Gasteiger partial charge >= 0.3 is 0 Å². The highest BCUT2D eigenvalue weighted by Gasteiger charge is 2.16. The largest absolute Gasteiger partial charge is 0.372 e. The average Bonchev–Trinajstić information content (AvgIpc) is 3.00. The Bertz CT molecular complexity index is 609. The van der Waals surface area contributed by atoms with Gasteiger partial charge in [0.25, 0.3) is 0 Å². The van der Waals surface area contributed by atoms with Gasteiger partial charge in [0.2, 0.25) is 0 Å². The van der Waals surface area contributed by atoms with E-state index in [2.05, 4.69) is 5.32 Å². The third-order valence-electron chi connectivity index (χ3n) is 3.71. The summed E-state index contributed by atoms with van der Waals surface area (Å²) < 4.78 is 19.4. The van der Waals surface area contributed by atoms with Crippen LogP contribution in [-0.2, 0) is 11.3 Å². The van der Waals surface area contributed by atoms with E-state index in [4.69, 9.17) is 16.3 Å². The van der Waals surface area contributed by atoms with Gasteiger partial charge in [-0.25, -0.2) is 4.39 Å². The van der Waals surface area contributed by atoms with Gasteiger partial charge in [0.1, 0.15) is 5.82 Å². The van der Waals surface area contributed by atoms with Crippen molar-refractivity contribution in [3.63, 3.8) is 0 Å². The predicted octanol–water partition coefficient (Wildman–Crippen LogP) is 4.02. The second-order valence-electron chi connectivity index (χ2n) is 5.23. The molecule has 0 radical (unpaired) electrons. The van der Waals surface area contributed by atoms with Crippen molar-refractivity contribution in [3.8, 4) is 11.1 Å². The molecule has 110 valence electrons. The van der Waals surface area contributed by atoms with Gasteiger partial charge in [-0.2, -0.15) is 0 Å². The lowest BCUT2D eigenvalue weighted by Gasteiger charge is -2.14. The van der Waals surface area contributed by atoms with Gasteiger partial charge in [-0.05, 0) is 53.9 Å². The molecule has 0 bridgehead atoms. The molecule has 1 saturated heterocycles. The van der Waals surface area contributed by atoms with Crippen LogP contribution in [0.2, 0.25) is 5.02 Å². The molecule has 1 atom stereocenters. The van der Waals surface area contributed by atoms with Crippen LogP contribution in [-0.4, -0.2) is 19.2 Å². The molecule has 2 aromatic carbocycles. The zero-order valence-corrected chi connectivity index (χ0v) is 12.4. The normalized spacial score (nSPS) is 18.1. The fraction of sp³-hybridized carbons (Fsp3) is 0.294. The molecular weight excluding hydrogens is 289 g/mol. The fourth-order valence-electron chi connectivity index (χ4n) is 2.57. The molecule has 3 rings (SSSR count). The van der Waals surface area contributed by atoms with E-state index >= 15 is 0 Å². The number of rotatable bonds is 4. The first-order chi connectivity index (χ1) is 10.2. The highest BCUT2D eigenvalue weighted by atomic mass is 35.5. The molecule has 2 aromatic rings. The highest BCUT2D eigenvalue weighted by molar-refractivity contribution is 6.30. The number of hydrogen-bond acceptors (Lipinski definition) is 2. The van der Waals surface area contributed by atoms with Crippen LogP contribution in [0, 0.1) is 5.82 Å². The number of halogens is 2. The Labute approximate surface area is 128 Å². The standard InChI is InChI=1S/C17H17ClFNO/c18-14-3-1-12(2-4-14)17-6-5-15(19)9-13(17)11-21-16-7-8-20-10-16/h1-6,9,16,20H,7-8,10-11H2. The molecule has 21 heavy (non-hydrogen) atoms. The smallest absolute Gasteiger partial charge is 0.123 e. The summed E-state index contributed by atoms with van der Waals surface area (Å²) in [4.78, 5) is 0. The van der Waals surface area contributed by atoms with Gasteiger partial charge < -0.3 is 10.1 Å². The van der Waals surface area contributed by atoms with Gasteiger partial charge in [-0.15, -0.1) is 0 Å². The molecule has 0 aliphatic carbocycles. The summed E-state index contributed by atoms with van der Waals surface area (Å²) in [5, 5.41) is 3.95. The summed E-state index contributed by atoms with van der Waals surface area (Å²) in [5.74, 6) is -0.240. The Morgan fingerprint density at radius 2 is 2.00 bits per heavy atom. The molecule has 0 saturated carbocycles. The van der Waals surface area contributed by atoms with Crippen molar-refractivity contribution in [1.82, 2.24) is 5.32 Å². The molecule has 1 unspecified atom stereocenters.